The summed E-state index contributed by atoms with van der Waals surface area (Å²) in [4.78, 5) is 14.2. The molecule has 0 spiro atoms. The van der Waals surface area contributed by atoms with Gasteiger partial charge in [-0.2, -0.15) is 0 Å². The summed E-state index contributed by atoms with van der Waals surface area (Å²) in [5, 5.41) is 3.45. The molecule has 0 radical (unpaired) electrons. The molecule has 0 saturated carbocycles. The Bertz CT molecular complexity index is 420. The van der Waals surface area contributed by atoms with Gasteiger partial charge in [0, 0.05) is 25.7 Å². The number of piperazine rings is 1. The fourth-order valence-electron chi connectivity index (χ4n) is 2.30. The van der Waals surface area contributed by atoms with Gasteiger partial charge in [0.1, 0.15) is 0 Å². The molecule has 0 aliphatic carbocycles. The van der Waals surface area contributed by atoms with Crippen molar-refractivity contribution in [3.63, 3.8) is 0 Å². The molecule has 1 aliphatic rings. The minimum atomic E-state index is -0.233. The molecule has 1 fully saturated rings. The first-order valence-corrected chi connectivity index (χ1v) is 6.40. The minimum absolute atomic E-state index is 0.198. The SMILES string of the molecule is CCOC(=O)c1ccccc1C1CN(C)CCN1. The molecular weight excluding hydrogens is 228 g/mol. The van der Waals surface area contributed by atoms with E-state index < -0.39 is 0 Å². The molecule has 0 aromatic heterocycles. The minimum Gasteiger partial charge on any atom is -0.462 e. The first-order valence-electron chi connectivity index (χ1n) is 6.40. The third-order valence-electron chi connectivity index (χ3n) is 3.21. The van der Waals surface area contributed by atoms with E-state index in [4.69, 9.17) is 4.74 Å². The second kappa shape index (κ2) is 5.98. The van der Waals surface area contributed by atoms with Gasteiger partial charge in [-0.05, 0) is 25.6 Å². The predicted molar refractivity (Wildman–Crippen MR) is 70.6 cm³/mol. The highest BCUT2D eigenvalue weighted by Crippen LogP contribution is 2.21. The van der Waals surface area contributed by atoms with Gasteiger partial charge < -0.3 is 15.0 Å². The first-order chi connectivity index (χ1) is 8.72. The molecule has 1 aromatic carbocycles. The molecule has 1 aromatic rings. The summed E-state index contributed by atoms with van der Waals surface area (Å²) in [6.07, 6.45) is 0. The van der Waals surface area contributed by atoms with Gasteiger partial charge in [-0.3, -0.25) is 0 Å². The van der Waals surface area contributed by atoms with Crippen LogP contribution in [0.4, 0.5) is 0 Å². The predicted octanol–water partition coefficient (Wildman–Crippen LogP) is 1.44. The van der Waals surface area contributed by atoms with Crippen molar-refractivity contribution >= 4 is 5.97 Å². The van der Waals surface area contributed by atoms with E-state index in [0.29, 0.717) is 12.2 Å². The summed E-state index contributed by atoms with van der Waals surface area (Å²) in [7, 11) is 2.10. The number of ether oxygens (including phenoxy) is 1. The number of benzene rings is 1. The summed E-state index contributed by atoms with van der Waals surface area (Å²) in [6, 6.07) is 7.88. The van der Waals surface area contributed by atoms with E-state index in [1.807, 2.05) is 31.2 Å². The van der Waals surface area contributed by atoms with Crippen molar-refractivity contribution in [3.8, 4) is 0 Å². The molecule has 4 nitrogen and oxygen atoms in total. The molecule has 1 heterocycles. The maximum absolute atomic E-state index is 11.9. The smallest absolute Gasteiger partial charge is 0.338 e. The van der Waals surface area contributed by atoms with Crippen molar-refractivity contribution < 1.29 is 9.53 Å². The van der Waals surface area contributed by atoms with Crippen LogP contribution in [-0.4, -0.2) is 44.2 Å². The second-order valence-electron chi connectivity index (χ2n) is 4.58. The van der Waals surface area contributed by atoms with Crippen molar-refractivity contribution in [2.24, 2.45) is 0 Å². The largest absolute Gasteiger partial charge is 0.462 e. The zero-order valence-electron chi connectivity index (χ0n) is 11.0. The maximum Gasteiger partial charge on any atom is 0.338 e. The molecule has 1 N–H and O–H groups in total. The van der Waals surface area contributed by atoms with Gasteiger partial charge in [0.05, 0.1) is 12.2 Å². The van der Waals surface area contributed by atoms with Crippen LogP contribution in [0, 0.1) is 0 Å². The zero-order chi connectivity index (χ0) is 13.0. The average molecular weight is 248 g/mol. The number of hydrogen-bond donors (Lipinski definition) is 1. The topological polar surface area (TPSA) is 41.6 Å². The Morgan fingerprint density at radius 1 is 1.50 bits per heavy atom. The summed E-state index contributed by atoms with van der Waals surface area (Å²) in [6.45, 7) is 5.13. The van der Waals surface area contributed by atoms with Gasteiger partial charge in [0.25, 0.3) is 0 Å². The highest BCUT2D eigenvalue weighted by atomic mass is 16.5. The number of esters is 1. The maximum atomic E-state index is 11.9. The fourth-order valence-corrected chi connectivity index (χ4v) is 2.30. The second-order valence-corrected chi connectivity index (χ2v) is 4.58. The van der Waals surface area contributed by atoms with Crippen molar-refractivity contribution in [3.05, 3.63) is 35.4 Å². The Balaban J connectivity index is 2.23. The van der Waals surface area contributed by atoms with E-state index in [2.05, 4.69) is 17.3 Å². The van der Waals surface area contributed by atoms with Crippen molar-refractivity contribution in [2.45, 2.75) is 13.0 Å². The lowest BCUT2D eigenvalue weighted by Crippen LogP contribution is -2.44. The molecule has 1 aliphatic heterocycles. The molecule has 1 unspecified atom stereocenters. The van der Waals surface area contributed by atoms with Crippen LogP contribution in [0.2, 0.25) is 0 Å². The fraction of sp³-hybridized carbons (Fsp3) is 0.500. The number of carbonyl (C=O) groups is 1. The quantitative estimate of drug-likeness (QED) is 0.822. The third kappa shape index (κ3) is 2.89. The normalized spacial score (nSPS) is 20.7. The van der Waals surface area contributed by atoms with Crippen molar-refractivity contribution in [1.29, 1.82) is 0 Å². The lowest BCUT2D eigenvalue weighted by Gasteiger charge is -2.32. The number of carbonyl (C=O) groups excluding carboxylic acids is 1. The zero-order valence-corrected chi connectivity index (χ0v) is 11.0. The summed E-state index contributed by atoms with van der Waals surface area (Å²) in [5.41, 5.74) is 1.70. The van der Waals surface area contributed by atoms with Crippen LogP contribution in [0.25, 0.3) is 0 Å². The lowest BCUT2D eigenvalue weighted by atomic mass is 9.98. The average Bonchev–Trinajstić information content (AvgIpc) is 2.39. The lowest BCUT2D eigenvalue weighted by molar-refractivity contribution is 0.0523. The third-order valence-corrected chi connectivity index (χ3v) is 3.21. The van der Waals surface area contributed by atoms with Gasteiger partial charge in [-0.25, -0.2) is 4.79 Å². The first kappa shape index (κ1) is 13.1. The van der Waals surface area contributed by atoms with Gasteiger partial charge in [0.2, 0.25) is 0 Å². The van der Waals surface area contributed by atoms with Crippen LogP contribution in [0.15, 0.2) is 24.3 Å². The van der Waals surface area contributed by atoms with E-state index in [1.165, 1.54) is 0 Å². The van der Waals surface area contributed by atoms with Crippen LogP contribution in [-0.2, 0) is 4.74 Å². The number of hydrogen-bond acceptors (Lipinski definition) is 4. The van der Waals surface area contributed by atoms with Crippen LogP contribution in [0.1, 0.15) is 28.9 Å². The van der Waals surface area contributed by atoms with E-state index >= 15 is 0 Å². The Morgan fingerprint density at radius 3 is 3.00 bits per heavy atom. The van der Waals surface area contributed by atoms with E-state index in [-0.39, 0.29) is 12.0 Å². The van der Waals surface area contributed by atoms with Crippen LogP contribution >= 0.6 is 0 Å². The number of rotatable bonds is 3. The highest BCUT2D eigenvalue weighted by molar-refractivity contribution is 5.91. The summed E-state index contributed by atoms with van der Waals surface area (Å²) in [5.74, 6) is -0.233. The number of nitrogens with one attached hydrogen (secondary N) is 1. The molecular formula is C14H20N2O2. The molecule has 2 rings (SSSR count). The van der Waals surface area contributed by atoms with E-state index in [1.54, 1.807) is 0 Å². The van der Waals surface area contributed by atoms with Crippen molar-refractivity contribution in [1.82, 2.24) is 10.2 Å². The molecule has 1 atom stereocenters. The molecule has 4 heteroatoms. The molecule has 1 saturated heterocycles. The van der Waals surface area contributed by atoms with Gasteiger partial charge in [0.15, 0.2) is 0 Å². The van der Waals surface area contributed by atoms with Crippen LogP contribution < -0.4 is 5.32 Å². The van der Waals surface area contributed by atoms with Gasteiger partial charge >= 0.3 is 5.97 Å². The summed E-state index contributed by atoms with van der Waals surface area (Å²) < 4.78 is 5.11. The van der Waals surface area contributed by atoms with Crippen molar-refractivity contribution in [2.75, 3.05) is 33.3 Å². The van der Waals surface area contributed by atoms with Gasteiger partial charge in [-0.1, -0.05) is 18.2 Å². The Hall–Kier alpha value is -1.39. The highest BCUT2D eigenvalue weighted by Gasteiger charge is 2.23. The van der Waals surface area contributed by atoms with Gasteiger partial charge in [-0.15, -0.1) is 0 Å². The summed E-state index contributed by atoms with van der Waals surface area (Å²) >= 11 is 0. The molecule has 0 amide bonds. The van der Waals surface area contributed by atoms with E-state index in [9.17, 15) is 4.79 Å². The van der Waals surface area contributed by atoms with Crippen LogP contribution in [0.5, 0.6) is 0 Å². The van der Waals surface area contributed by atoms with Crippen LogP contribution in [0.3, 0.4) is 0 Å². The molecule has 0 bridgehead atoms. The molecule has 98 valence electrons. The number of likely N-dealkylation sites (N-methyl/N-ethyl adjacent to an activating group) is 1. The standard InChI is InChI=1S/C14H20N2O2/c1-3-18-14(17)12-7-5-4-6-11(12)13-10-16(2)9-8-15-13/h4-7,13,15H,3,8-10H2,1-2H3. The van der Waals surface area contributed by atoms with E-state index in [0.717, 1.165) is 25.2 Å². The monoisotopic (exact) mass is 248 g/mol. The number of nitrogens with zero attached hydrogens (tertiary/aromatic N) is 1. The Morgan fingerprint density at radius 2 is 2.28 bits per heavy atom. The Kier molecular flexibility index (Phi) is 4.33. The molecule has 18 heavy (non-hydrogen) atoms. The Labute approximate surface area is 108 Å².